The zero-order valence-corrected chi connectivity index (χ0v) is 25.2. The fourth-order valence-electron chi connectivity index (χ4n) is 3.69. The van der Waals surface area contributed by atoms with E-state index < -0.39 is 0 Å². The number of Topliss-reactive ketones (excluding diaryl/α,β-unsaturated/α-hetero) is 1. The smallest absolute Gasteiger partial charge is 0.137 e. The van der Waals surface area contributed by atoms with Gasteiger partial charge in [0.05, 0.1) is 12.2 Å². The van der Waals surface area contributed by atoms with Crippen LogP contribution in [0.15, 0.2) is 0 Å². The summed E-state index contributed by atoms with van der Waals surface area (Å²) in [5.74, 6) is 4.57. The van der Waals surface area contributed by atoms with Crippen molar-refractivity contribution in [1.29, 1.82) is 0 Å². The number of hydrogen-bond acceptors (Lipinski definition) is 3. The Hall–Kier alpha value is -0.410. The number of carbonyl (C=O) groups excluding carboxylic acids is 1. The average molecular weight is 461 g/mol. The molecule has 0 saturated heterocycles. The highest BCUT2D eigenvalue weighted by Gasteiger charge is 2.15. The maximum atomic E-state index is 10.8. The van der Waals surface area contributed by atoms with E-state index >= 15 is 0 Å². The van der Waals surface area contributed by atoms with E-state index in [9.17, 15) is 9.90 Å². The average Bonchev–Trinajstić information content (AvgIpc) is 2.60. The Labute approximate surface area is 204 Å². The molecular weight excluding hydrogens is 396 g/mol. The summed E-state index contributed by atoms with van der Waals surface area (Å²) in [6.07, 6.45) is 1.65. The topological polar surface area (TPSA) is 46.5 Å². The molecule has 0 amide bonds. The van der Waals surface area contributed by atoms with Gasteiger partial charge in [0, 0.05) is 18.9 Å². The highest BCUT2D eigenvalue weighted by atomic mass is 16.5. The van der Waals surface area contributed by atoms with Crippen LogP contribution in [0.5, 0.6) is 0 Å². The van der Waals surface area contributed by atoms with Crippen molar-refractivity contribution in [3.8, 4) is 0 Å². The van der Waals surface area contributed by atoms with Gasteiger partial charge >= 0.3 is 0 Å². The number of rotatable bonds is 9. The molecule has 0 fully saturated rings. The summed E-state index contributed by atoms with van der Waals surface area (Å²) in [7, 11) is 1.78. The van der Waals surface area contributed by atoms with Crippen LogP contribution in [0, 0.1) is 47.3 Å². The standard InChI is InChI=1S/C8H18O.C7H16O.C7H14O.C7H16/c1-6(2)8(9-5)7(3)4;2*1-5(2)7(8)6(3)4;1-6(2)5-7(3)4/h6-8H,1-5H3;5-8H,1-4H3;5-6H,1-4H3;6-7H,5H2,1-4H3. The maximum Gasteiger partial charge on any atom is 0.137 e. The van der Waals surface area contributed by atoms with Crippen molar-refractivity contribution in [3.63, 3.8) is 0 Å². The number of aliphatic hydroxyl groups is 1. The van der Waals surface area contributed by atoms with Gasteiger partial charge in [0.1, 0.15) is 5.78 Å². The molecule has 0 aromatic heterocycles. The van der Waals surface area contributed by atoms with Crippen molar-refractivity contribution in [2.75, 3.05) is 7.11 Å². The Morgan fingerprint density at radius 1 is 0.594 bits per heavy atom. The van der Waals surface area contributed by atoms with Gasteiger partial charge in [0.25, 0.3) is 0 Å². The van der Waals surface area contributed by atoms with E-state index in [1.807, 2.05) is 55.4 Å². The van der Waals surface area contributed by atoms with Crippen LogP contribution in [0.2, 0.25) is 0 Å². The Kier molecular flexibility index (Phi) is 27.2. The lowest BCUT2D eigenvalue weighted by Gasteiger charge is -2.22. The minimum absolute atomic E-state index is 0.130. The van der Waals surface area contributed by atoms with Crippen LogP contribution < -0.4 is 0 Å². The number of ketones is 1. The van der Waals surface area contributed by atoms with Crippen LogP contribution >= 0.6 is 0 Å². The van der Waals surface area contributed by atoms with Crippen LogP contribution in [0.3, 0.4) is 0 Å². The summed E-state index contributed by atoms with van der Waals surface area (Å²) >= 11 is 0. The van der Waals surface area contributed by atoms with Crippen LogP contribution in [-0.2, 0) is 9.53 Å². The molecule has 0 aromatic rings. The molecule has 0 unspecified atom stereocenters. The highest BCUT2D eigenvalue weighted by Crippen LogP contribution is 2.14. The predicted molar refractivity (Wildman–Crippen MR) is 145 cm³/mol. The number of methoxy groups -OCH3 is 1. The highest BCUT2D eigenvalue weighted by molar-refractivity contribution is 5.81. The van der Waals surface area contributed by atoms with Crippen molar-refractivity contribution in [2.45, 2.75) is 129 Å². The molecule has 32 heavy (non-hydrogen) atoms. The normalized spacial score (nSPS) is 11.5. The van der Waals surface area contributed by atoms with E-state index in [0.717, 1.165) is 11.8 Å². The second-order valence-electron chi connectivity index (χ2n) is 11.9. The van der Waals surface area contributed by atoms with E-state index in [1.165, 1.54) is 6.42 Å². The third-order valence-corrected chi connectivity index (χ3v) is 5.03. The first-order valence-electron chi connectivity index (χ1n) is 13.1. The fraction of sp³-hybridized carbons (Fsp3) is 0.966. The van der Waals surface area contributed by atoms with Crippen molar-refractivity contribution in [2.24, 2.45) is 47.3 Å². The summed E-state index contributed by atoms with van der Waals surface area (Å²) in [5.41, 5.74) is 0. The molecule has 1 N–H and O–H groups in total. The predicted octanol–water partition coefficient (Wildman–Crippen LogP) is 8.53. The van der Waals surface area contributed by atoms with E-state index in [1.54, 1.807) is 7.11 Å². The number of ether oxygens (including phenoxy) is 1. The van der Waals surface area contributed by atoms with Gasteiger partial charge in [-0.05, 0) is 41.9 Å². The molecular formula is C29H64O3. The maximum absolute atomic E-state index is 10.8. The van der Waals surface area contributed by atoms with Gasteiger partial charge in [-0.25, -0.2) is 0 Å². The van der Waals surface area contributed by atoms with E-state index in [-0.39, 0.29) is 17.9 Å². The molecule has 0 heterocycles. The molecule has 3 nitrogen and oxygen atoms in total. The molecule has 198 valence electrons. The van der Waals surface area contributed by atoms with Gasteiger partial charge < -0.3 is 9.84 Å². The molecule has 0 aliphatic carbocycles. The number of hydrogen-bond donors (Lipinski definition) is 1. The van der Waals surface area contributed by atoms with Crippen molar-refractivity contribution in [3.05, 3.63) is 0 Å². The number of aliphatic hydroxyl groups excluding tert-OH is 1. The lowest BCUT2D eigenvalue weighted by atomic mass is 9.96. The Balaban J connectivity index is -0.000000164. The molecule has 0 aliphatic rings. The molecule has 0 rings (SSSR count). The first-order chi connectivity index (χ1) is 14.3. The second-order valence-corrected chi connectivity index (χ2v) is 11.9. The Morgan fingerprint density at radius 2 is 0.875 bits per heavy atom. The third kappa shape index (κ3) is 27.6. The molecule has 3 heteroatoms. The van der Waals surface area contributed by atoms with Crippen LogP contribution in [0.4, 0.5) is 0 Å². The Morgan fingerprint density at radius 3 is 0.875 bits per heavy atom. The van der Waals surface area contributed by atoms with E-state index in [2.05, 4.69) is 55.4 Å². The SMILES string of the molecule is CC(C)C(=O)C(C)C.CC(C)C(O)C(C)C.CC(C)CC(C)C.COC(C(C)C)C(C)C. The minimum Gasteiger partial charge on any atom is -0.393 e. The van der Waals surface area contributed by atoms with Crippen LogP contribution in [-0.4, -0.2) is 30.2 Å². The summed E-state index contributed by atoms with van der Waals surface area (Å²) < 4.78 is 5.27. The minimum atomic E-state index is -0.130. The molecule has 0 aromatic carbocycles. The van der Waals surface area contributed by atoms with Crippen molar-refractivity contribution in [1.82, 2.24) is 0 Å². The van der Waals surface area contributed by atoms with Gasteiger partial charge in [-0.1, -0.05) is 111 Å². The van der Waals surface area contributed by atoms with Gasteiger partial charge in [-0.3, -0.25) is 4.79 Å². The molecule has 0 atom stereocenters. The van der Waals surface area contributed by atoms with Gasteiger partial charge in [-0.15, -0.1) is 0 Å². The van der Waals surface area contributed by atoms with Crippen LogP contribution in [0.25, 0.3) is 0 Å². The molecule has 0 bridgehead atoms. The van der Waals surface area contributed by atoms with Crippen LogP contribution in [0.1, 0.15) is 117 Å². The van der Waals surface area contributed by atoms with E-state index in [4.69, 9.17) is 4.74 Å². The monoisotopic (exact) mass is 460 g/mol. The summed E-state index contributed by atoms with van der Waals surface area (Å²) in [6, 6.07) is 0. The summed E-state index contributed by atoms with van der Waals surface area (Å²) in [6.45, 7) is 33.7. The quantitative estimate of drug-likeness (QED) is 0.375. The fourth-order valence-corrected chi connectivity index (χ4v) is 3.69. The summed E-state index contributed by atoms with van der Waals surface area (Å²) in [4.78, 5) is 10.8. The molecule has 0 saturated carbocycles. The third-order valence-electron chi connectivity index (χ3n) is 5.03. The summed E-state index contributed by atoms with van der Waals surface area (Å²) in [5, 5.41) is 9.20. The lowest BCUT2D eigenvalue weighted by molar-refractivity contribution is -0.124. The van der Waals surface area contributed by atoms with Crippen molar-refractivity contribution < 1.29 is 14.6 Å². The zero-order valence-electron chi connectivity index (χ0n) is 25.2. The van der Waals surface area contributed by atoms with Crippen molar-refractivity contribution >= 4 is 5.78 Å². The van der Waals surface area contributed by atoms with Gasteiger partial charge in [0.2, 0.25) is 0 Å². The largest absolute Gasteiger partial charge is 0.393 e. The molecule has 0 aliphatic heterocycles. The first-order valence-corrected chi connectivity index (χ1v) is 13.1. The lowest BCUT2D eigenvalue weighted by Crippen LogP contribution is -2.23. The van der Waals surface area contributed by atoms with Gasteiger partial charge in [-0.2, -0.15) is 0 Å². The molecule has 0 radical (unpaired) electrons. The Bertz CT molecular complexity index is 361. The zero-order chi connectivity index (χ0) is 26.8. The van der Waals surface area contributed by atoms with E-state index in [0.29, 0.717) is 35.6 Å². The first kappa shape index (κ1) is 38.8. The number of carbonyl (C=O) groups is 1. The van der Waals surface area contributed by atoms with Gasteiger partial charge in [0.15, 0.2) is 0 Å². The molecule has 0 spiro atoms. The second kappa shape index (κ2) is 22.4.